The van der Waals surface area contributed by atoms with Crippen molar-refractivity contribution in [3.8, 4) is 0 Å². The van der Waals surface area contributed by atoms with E-state index in [1.54, 1.807) is 23.1 Å². The van der Waals surface area contributed by atoms with Gasteiger partial charge in [-0.2, -0.15) is 0 Å². The number of carbonyl (C=O) groups excluding carboxylic acids is 2. The molecule has 132 valence electrons. The molecule has 0 aliphatic rings. The molecule has 0 aliphatic heterocycles. The molecule has 0 saturated heterocycles. The molecule has 4 nitrogen and oxygen atoms in total. The minimum Gasteiger partial charge on any atom is -0.342 e. The number of nitrogens with one attached hydrogen (secondary N) is 1. The number of hydrogen-bond donors (Lipinski definition) is 1. The van der Waals surface area contributed by atoms with Crippen molar-refractivity contribution < 1.29 is 14.0 Å². The fraction of sp³-hybridized carbons (Fsp3) is 0.300. The molecule has 0 atom stereocenters. The van der Waals surface area contributed by atoms with Crippen molar-refractivity contribution in [2.75, 3.05) is 18.4 Å². The summed E-state index contributed by atoms with van der Waals surface area (Å²) in [4.78, 5) is 25.5. The smallest absolute Gasteiger partial charge is 0.226 e. The first-order valence-corrected chi connectivity index (χ1v) is 8.32. The van der Waals surface area contributed by atoms with E-state index in [4.69, 9.17) is 0 Å². The van der Waals surface area contributed by atoms with Crippen molar-refractivity contribution in [2.24, 2.45) is 0 Å². The van der Waals surface area contributed by atoms with Gasteiger partial charge in [-0.05, 0) is 36.6 Å². The highest BCUT2D eigenvalue weighted by atomic mass is 19.1. The molecule has 0 aliphatic carbocycles. The summed E-state index contributed by atoms with van der Waals surface area (Å²) in [5.74, 6) is -0.547. The number of benzene rings is 2. The average Bonchev–Trinajstić information content (AvgIpc) is 2.58. The Labute approximate surface area is 147 Å². The second-order valence-corrected chi connectivity index (χ2v) is 5.96. The molecule has 5 heteroatoms. The van der Waals surface area contributed by atoms with Gasteiger partial charge in [0.25, 0.3) is 0 Å². The van der Waals surface area contributed by atoms with Crippen molar-refractivity contribution in [1.82, 2.24) is 4.90 Å². The summed E-state index contributed by atoms with van der Waals surface area (Å²) < 4.78 is 13.7. The molecule has 2 aromatic carbocycles. The van der Waals surface area contributed by atoms with Gasteiger partial charge < -0.3 is 10.2 Å². The molecule has 0 saturated carbocycles. The highest BCUT2D eigenvalue weighted by Gasteiger charge is 2.13. The molecular weight excluding hydrogens is 319 g/mol. The maximum atomic E-state index is 13.7. The van der Waals surface area contributed by atoms with E-state index in [1.807, 2.05) is 31.2 Å². The fourth-order valence-corrected chi connectivity index (χ4v) is 2.55. The highest BCUT2D eigenvalue weighted by Crippen LogP contribution is 2.13. The number of carbonyl (C=O) groups is 2. The van der Waals surface area contributed by atoms with Crippen LogP contribution in [0.5, 0.6) is 0 Å². The van der Waals surface area contributed by atoms with Crippen LogP contribution >= 0.6 is 0 Å². The maximum Gasteiger partial charge on any atom is 0.226 e. The first kappa shape index (κ1) is 18.6. The molecule has 0 aromatic heterocycles. The predicted octanol–water partition coefficient (Wildman–Crippen LogP) is 3.55. The summed E-state index contributed by atoms with van der Waals surface area (Å²) in [6.07, 6.45) is 0.622. The molecule has 0 radical (unpaired) electrons. The van der Waals surface area contributed by atoms with Gasteiger partial charge in [0.2, 0.25) is 11.8 Å². The Bertz CT molecular complexity index is 746. The van der Waals surface area contributed by atoms with Gasteiger partial charge in [0.1, 0.15) is 5.82 Å². The third kappa shape index (κ3) is 5.71. The predicted molar refractivity (Wildman–Crippen MR) is 96.8 cm³/mol. The van der Waals surface area contributed by atoms with Crippen LogP contribution < -0.4 is 5.32 Å². The lowest BCUT2D eigenvalue weighted by molar-refractivity contribution is -0.129. The summed E-state index contributed by atoms with van der Waals surface area (Å²) in [5, 5.41) is 2.85. The number of aryl methyl sites for hydroxylation is 1. The first-order chi connectivity index (χ1) is 12.0. The number of nitrogens with zero attached hydrogens (tertiary/aromatic N) is 1. The van der Waals surface area contributed by atoms with E-state index in [9.17, 15) is 14.0 Å². The van der Waals surface area contributed by atoms with Crippen molar-refractivity contribution in [3.05, 3.63) is 65.5 Å². The Morgan fingerprint density at radius 3 is 2.40 bits per heavy atom. The van der Waals surface area contributed by atoms with Crippen LogP contribution in [0, 0.1) is 12.7 Å². The monoisotopic (exact) mass is 342 g/mol. The Morgan fingerprint density at radius 1 is 1.04 bits per heavy atom. The SMILES string of the molecule is CC(=O)N(CCC(=O)Nc1ccccc1C)CCc1ccccc1F. The number of anilines is 1. The zero-order chi connectivity index (χ0) is 18.2. The standard InChI is InChI=1S/C20H23FN2O2/c1-15-7-3-6-10-19(15)22-20(25)12-14-23(16(2)24)13-11-17-8-4-5-9-18(17)21/h3-10H,11-14H2,1-2H3,(H,22,25). The Hall–Kier alpha value is -2.69. The van der Waals surface area contributed by atoms with Gasteiger partial charge in [-0.1, -0.05) is 36.4 Å². The van der Waals surface area contributed by atoms with Crippen LogP contribution in [-0.2, 0) is 16.0 Å². The molecular formula is C20H23FN2O2. The second kappa shape index (κ2) is 8.97. The molecule has 1 N–H and O–H groups in total. The van der Waals surface area contributed by atoms with Gasteiger partial charge >= 0.3 is 0 Å². The molecule has 25 heavy (non-hydrogen) atoms. The summed E-state index contributed by atoms with van der Waals surface area (Å²) >= 11 is 0. The summed E-state index contributed by atoms with van der Waals surface area (Å²) in [6.45, 7) is 4.07. The molecule has 0 bridgehead atoms. The number of amides is 2. The lowest BCUT2D eigenvalue weighted by Gasteiger charge is -2.21. The molecule has 2 amide bonds. The van der Waals surface area contributed by atoms with Crippen LogP contribution in [0.2, 0.25) is 0 Å². The highest BCUT2D eigenvalue weighted by molar-refractivity contribution is 5.91. The number of hydrogen-bond acceptors (Lipinski definition) is 2. The first-order valence-electron chi connectivity index (χ1n) is 8.32. The summed E-state index contributed by atoms with van der Waals surface area (Å²) in [7, 11) is 0. The number of halogens is 1. The van der Waals surface area contributed by atoms with Gasteiger partial charge in [0, 0.05) is 32.1 Å². The normalized spacial score (nSPS) is 10.4. The molecule has 0 fully saturated rings. The van der Waals surface area contributed by atoms with Crippen molar-refractivity contribution in [2.45, 2.75) is 26.7 Å². The molecule has 0 heterocycles. The number of para-hydroxylation sites is 1. The Morgan fingerprint density at radius 2 is 1.72 bits per heavy atom. The van der Waals surface area contributed by atoms with E-state index in [2.05, 4.69) is 5.32 Å². The zero-order valence-corrected chi connectivity index (χ0v) is 14.6. The van der Waals surface area contributed by atoms with Crippen LogP contribution in [0.25, 0.3) is 0 Å². The van der Waals surface area contributed by atoms with E-state index in [1.165, 1.54) is 13.0 Å². The minimum atomic E-state index is -0.275. The van der Waals surface area contributed by atoms with Crippen LogP contribution in [0.3, 0.4) is 0 Å². The van der Waals surface area contributed by atoms with Crippen LogP contribution in [0.1, 0.15) is 24.5 Å². The largest absolute Gasteiger partial charge is 0.342 e. The molecule has 0 spiro atoms. The average molecular weight is 342 g/mol. The number of rotatable bonds is 7. The maximum absolute atomic E-state index is 13.7. The second-order valence-electron chi connectivity index (χ2n) is 5.96. The lowest BCUT2D eigenvalue weighted by Crippen LogP contribution is -2.34. The van der Waals surface area contributed by atoms with Gasteiger partial charge in [-0.3, -0.25) is 9.59 Å². The third-order valence-electron chi connectivity index (χ3n) is 4.08. The van der Waals surface area contributed by atoms with Crippen molar-refractivity contribution in [1.29, 1.82) is 0 Å². The van der Waals surface area contributed by atoms with Crippen LogP contribution in [0.15, 0.2) is 48.5 Å². The van der Waals surface area contributed by atoms with E-state index >= 15 is 0 Å². The van der Waals surface area contributed by atoms with E-state index in [0.717, 1.165) is 11.3 Å². The molecule has 2 rings (SSSR count). The minimum absolute atomic E-state index is 0.125. The summed E-state index contributed by atoms with van der Waals surface area (Å²) in [5.41, 5.74) is 2.32. The van der Waals surface area contributed by atoms with Crippen LogP contribution in [-0.4, -0.2) is 29.8 Å². The van der Waals surface area contributed by atoms with Gasteiger partial charge in [-0.15, -0.1) is 0 Å². The zero-order valence-electron chi connectivity index (χ0n) is 14.6. The fourth-order valence-electron chi connectivity index (χ4n) is 2.55. The van der Waals surface area contributed by atoms with Crippen LogP contribution in [0.4, 0.5) is 10.1 Å². The van der Waals surface area contributed by atoms with Crippen molar-refractivity contribution in [3.63, 3.8) is 0 Å². The van der Waals surface area contributed by atoms with E-state index in [-0.39, 0.29) is 24.1 Å². The van der Waals surface area contributed by atoms with Gasteiger partial charge in [0.05, 0.1) is 0 Å². The lowest BCUT2D eigenvalue weighted by atomic mass is 10.1. The molecule has 0 unspecified atom stereocenters. The van der Waals surface area contributed by atoms with Crippen molar-refractivity contribution >= 4 is 17.5 Å². The summed E-state index contributed by atoms with van der Waals surface area (Å²) in [6, 6.07) is 14.1. The molecule has 2 aromatic rings. The topological polar surface area (TPSA) is 49.4 Å². The Balaban J connectivity index is 1.87. The Kier molecular flexibility index (Phi) is 6.69. The quantitative estimate of drug-likeness (QED) is 0.836. The third-order valence-corrected chi connectivity index (χ3v) is 4.08. The van der Waals surface area contributed by atoms with Gasteiger partial charge in [-0.25, -0.2) is 4.39 Å². The van der Waals surface area contributed by atoms with Gasteiger partial charge in [0.15, 0.2) is 0 Å². The van der Waals surface area contributed by atoms with E-state index < -0.39 is 0 Å². The van der Waals surface area contributed by atoms with E-state index in [0.29, 0.717) is 25.1 Å².